The van der Waals surface area contributed by atoms with Crippen LogP contribution in [0.25, 0.3) is 0 Å². The molecule has 0 bridgehead atoms. The lowest BCUT2D eigenvalue weighted by Crippen LogP contribution is -2.30. The normalized spacial score (nSPS) is 19.4. The topological polar surface area (TPSA) is 46.5 Å². The molecule has 1 aliphatic rings. The highest BCUT2D eigenvalue weighted by molar-refractivity contribution is 8.04. The number of hydrogen-bond donors (Lipinski definition) is 1. The van der Waals surface area contributed by atoms with E-state index in [1.54, 1.807) is 30.4 Å². The van der Waals surface area contributed by atoms with Crippen LogP contribution in [0.1, 0.15) is 22.3 Å². The number of aliphatic hydroxyl groups is 1. The van der Waals surface area contributed by atoms with Crippen LogP contribution in [0.2, 0.25) is 0 Å². The van der Waals surface area contributed by atoms with Gasteiger partial charge < -0.3 is 9.84 Å². The molecular formula is C20H18O3S. The third-order valence-corrected chi connectivity index (χ3v) is 4.99. The molecule has 1 aliphatic carbocycles. The first-order valence-corrected chi connectivity index (χ1v) is 8.42. The molecular weight excluding hydrogens is 320 g/mol. The largest absolute Gasteiger partial charge is 0.496 e. The number of Topliss-reactive ketones (excluding diaryl/α,β-unsaturated/α-hetero) is 1. The van der Waals surface area contributed by atoms with Gasteiger partial charge in [0, 0.05) is 16.9 Å². The van der Waals surface area contributed by atoms with Gasteiger partial charge in [-0.05, 0) is 24.3 Å². The van der Waals surface area contributed by atoms with E-state index in [2.05, 4.69) is 6.58 Å². The summed E-state index contributed by atoms with van der Waals surface area (Å²) >= 11 is 1.35. The summed E-state index contributed by atoms with van der Waals surface area (Å²) in [7, 11) is 1.53. The maximum absolute atomic E-state index is 13.0. The van der Waals surface area contributed by atoms with Crippen LogP contribution in [0.3, 0.4) is 0 Å². The lowest BCUT2D eigenvalue weighted by atomic mass is 9.81. The van der Waals surface area contributed by atoms with Crippen molar-refractivity contribution in [1.82, 2.24) is 0 Å². The van der Waals surface area contributed by atoms with Gasteiger partial charge in [0.2, 0.25) is 5.78 Å². The summed E-state index contributed by atoms with van der Waals surface area (Å²) in [6, 6.07) is 14.9. The number of ether oxygens (including phenoxy) is 1. The minimum atomic E-state index is -1.27. The van der Waals surface area contributed by atoms with Crippen molar-refractivity contribution in [2.24, 2.45) is 0 Å². The molecule has 0 heterocycles. The van der Waals surface area contributed by atoms with E-state index in [0.717, 1.165) is 4.90 Å². The van der Waals surface area contributed by atoms with E-state index in [-0.39, 0.29) is 5.78 Å². The quantitative estimate of drug-likeness (QED) is 0.824. The molecule has 0 radical (unpaired) electrons. The van der Waals surface area contributed by atoms with Crippen LogP contribution in [0, 0.1) is 0 Å². The maximum Gasteiger partial charge on any atom is 0.203 e. The lowest BCUT2D eigenvalue weighted by Gasteiger charge is -2.31. The summed E-state index contributed by atoms with van der Waals surface area (Å²) in [5.74, 6) is 0.337. The molecule has 0 spiro atoms. The van der Waals surface area contributed by atoms with Crippen LogP contribution in [0.4, 0.5) is 0 Å². The van der Waals surface area contributed by atoms with Crippen molar-refractivity contribution in [3.63, 3.8) is 0 Å². The molecule has 0 aromatic heterocycles. The van der Waals surface area contributed by atoms with Gasteiger partial charge in [-0.2, -0.15) is 0 Å². The Bertz CT molecular complexity index is 811. The molecule has 3 rings (SSSR count). The average molecular weight is 338 g/mol. The predicted octanol–water partition coefficient (Wildman–Crippen LogP) is 4.33. The highest BCUT2D eigenvalue weighted by Gasteiger charge is 2.38. The monoisotopic (exact) mass is 338 g/mol. The summed E-state index contributed by atoms with van der Waals surface area (Å²) in [6.07, 6.45) is 3.61. The van der Waals surface area contributed by atoms with Gasteiger partial charge in [0.25, 0.3) is 0 Å². The van der Waals surface area contributed by atoms with Crippen LogP contribution in [0.15, 0.2) is 77.1 Å². The van der Waals surface area contributed by atoms with E-state index < -0.39 is 5.60 Å². The zero-order valence-electron chi connectivity index (χ0n) is 13.4. The fourth-order valence-electron chi connectivity index (χ4n) is 2.86. The van der Waals surface area contributed by atoms with Crippen molar-refractivity contribution in [3.05, 3.63) is 83.3 Å². The molecule has 122 valence electrons. The van der Waals surface area contributed by atoms with Gasteiger partial charge >= 0.3 is 0 Å². The Morgan fingerprint density at radius 3 is 2.62 bits per heavy atom. The SMILES string of the molecule is C=CCC1(O)C=C(Sc2ccccc2)C(=O)c2c(OC)cccc21. The number of carbonyl (C=O) groups excluding carboxylic acids is 1. The standard InChI is InChI=1S/C20H18O3S/c1-3-12-20(22)13-17(24-14-8-5-4-6-9-14)19(21)18-15(20)10-7-11-16(18)23-2/h3-11,13,22H,1,12H2,2H3. The third kappa shape index (κ3) is 2.90. The molecule has 0 saturated carbocycles. The summed E-state index contributed by atoms with van der Waals surface area (Å²) in [5, 5.41) is 11.1. The molecule has 3 nitrogen and oxygen atoms in total. The van der Waals surface area contributed by atoms with Gasteiger partial charge in [-0.1, -0.05) is 48.2 Å². The number of ketones is 1. The number of benzene rings is 2. The minimum absolute atomic E-state index is 0.134. The number of fused-ring (bicyclic) bond motifs is 1. The highest BCUT2D eigenvalue weighted by atomic mass is 32.2. The number of allylic oxidation sites excluding steroid dienone is 1. The second-order valence-corrected chi connectivity index (χ2v) is 6.67. The second kappa shape index (κ2) is 6.67. The predicted molar refractivity (Wildman–Crippen MR) is 96.4 cm³/mol. The minimum Gasteiger partial charge on any atom is -0.496 e. The van der Waals surface area contributed by atoms with Gasteiger partial charge in [-0.3, -0.25) is 4.79 Å². The summed E-state index contributed by atoms with van der Waals surface area (Å²) < 4.78 is 5.36. The highest BCUT2D eigenvalue weighted by Crippen LogP contribution is 2.44. The Kier molecular flexibility index (Phi) is 4.60. The fourth-order valence-corrected chi connectivity index (χ4v) is 3.86. The molecule has 1 N–H and O–H groups in total. The number of carbonyl (C=O) groups is 1. The van der Waals surface area contributed by atoms with Crippen molar-refractivity contribution >= 4 is 17.5 Å². The van der Waals surface area contributed by atoms with E-state index in [1.165, 1.54) is 18.9 Å². The van der Waals surface area contributed by atoms with Crippen molar-refractivity contribution in [2.75, 3.05) is 7.11 Å². The number of hydrogen-bond acceptors (Lipinski definition) is 4. The molecule has 24 heavy (non-hydrogen) atoms. The molecule has 0 amide bonds. The molecule has 0 saturated heterocycles. The van der Waals surface area contributed by atoms with E-state index in [0.29, 0.717) is 28.2 Å². The van der Waals surface area contributed by atoms with E-state index in [4.69, 9.17) is 4.74 Å². The average Bonchev–Trinajstić information content (AvgIpc) is 2.60. The third-order valence-electron chi connectivity index (χ3n) is 3.96. The zero-order valence-corrected chi connectivity index (χ0v) is 14.2. The van der Waals surface area contributed by atoms with Crippen LogP contribution in [0.5, 0.6) is 5.75 Å². The Balaban J connectivity index is 2.12. The van der Waals surface area contributed by atoms with Crippen LogP contribution < -0.4 is 4.74 Å². The Morgan fingerprint density at radius 1 is 1.21 bits per heavy atom. The van der Waals surface area contributed by atoms with Crippen LogP contribution in [-0.4, -0.2) is 18.0 Å². The zero-order chi connectivity index (χ0) is 17.2. The molecule has 0 aliphatic heterocycles. The smallest absolute Gasteiger partial charge is 0.203 e. The van der Waals surface area contributed by atoms with Gasteiger partial charge in [0.05, 0.1) is 17.6 Å². The van der Waals surface area contributed by atoms with Crippen molar-refractivity contribution < 1.29 is 14.6 Å². The number of rotatable bonds is 5. The summed E-state index contributed by atoms with van der Waals surface area (Å²) in [6.45, 7) is 3.73. The first-order chi connectivity index (χ1) is 11.6. The Hall–Kier alpha value is -2.30. The first-order valence-electron chi connectivity index (χ1n) is 7.60. The summed E-state index contributed by atoms with van der Waals surface area (Å²) in [5.41, 5.74) is -0.286. The van der Waals surface area contributed by atoms with E-state index in [1.807, 2.05) is 30.3 Å². The first kappa shape index (κ1) is 16.6. The molecule has 2 aromatic carbocycles. The van der Waals surface area contributed by atoms with Crippen molar-refractivity contribution in [2.45, 2.75) is 16.9 Å². The van der Waals surface area contributed by atoms with E-state index in [9.17, 15) is 9.90 Å². The van der Waals surface area contributed by atoms with Gasteiger partial charge in [0.1, 0.15) is 11.4 Å². The molecule has 4 heteroatoms. The number of methoxy groups -OCH3 is 1. The number of thioether (sulfide) groups is 1. The second-order valence-electron chi connectivity index (χ2n) is 5.55. The van der Waals surface area contributed by atoms with E-state index >= 15 is 0 Å². The van der Waals surface area contributed by atoms with Gasteiger partial charge in [-0.15, -0.1) is 6.58 Å². The molecule has 0 fully saturated rings. The van der Waals surface area contributed by atoms with Crippen molar-refractivity contribution in [1.29, 1.82) is 0 Å². The van der Waals surface area contributed by atoms with Crippen LogP contribution in [-0.2, 0) is 5.60 Å². The molecule has 2 aromatic rings. The lowest BCUT2D eigenvalue weighted by molar-refractivity contribution is 0.0822. The van der Waals surface area contributed by atoms with Crippen molar-refractivity contribution in [3.8, 4) is 5.75 Å². The van der Waals surface area contributed by atoms with Crippen LogP contribution >= 0.6 is 11.8 Å². The summed E-state index contributed by atoms with van der Waals surface area (Å²) in [4.78, 5) is 14.4. The van der Waals surface area contributed by atoms with Gasteiger partial charge in [0.15, 0.2) is 0 Å². The Labute approximate surface area is 145 Å². The Morgan fingerprint density at radius 2 is 1.96 bits per heavy atom. The maximum atomic E-state index is 13.0. The van der Waals surface area contributed by atoms with Gasteiger partial charge in [-0.25, -0.2) is 0 Å². The fraction of sp³-hybridized carbons (Fsp3) is 0.150. The molecule has 1 atom stereocenters. The molecule has 1 unspecified atom stereocenters.